The number of carbonyl (C=O) groups is 1. The second-order valence-corrected chi connectivity index (χ2v) is 5.67. The lowest BCUT2D eigenvalue weighted by Crippen LogP contribution is -2.32. The van der Waals surface area contributed by atoms with E-state index in [1.807, 2.05) is 37.3 Å². The Bertz CT molecular complexity index is 666. The Kier molecular flexibility index (Phi) is 3.65. The first-order valence-electron chi connectivity index (χ1n) is 7.35. The summed E-state index contributed by atoms with van der Waals surface area (Å²) in [5.74, 6) is -0.0186. The highest BCUT2D eigenvalue weighted by Crippen LogP contribution is 2.31. The second-order valence-electron chi connectivity index (χ2n) is 5.67. The molecule has 0 aliphatic carbocycles. The second kappa shape index (κ2) is 5.60. The average molecular weight is 280 g/mol. The van der Waals surface area contributed by atoms with Crippen molar-refractivity contribution < 1.29 is 4.79 Å². The maximum absolute atomic E-state index is 12.5. The molecular formula is C18H20N2O. The summed E-state index contributed by atoms with van der Waals surface area (Å²) < 4.78 is 0. The Morgan fingerprint density at radius 1 is 1.24 bits per heavy atom. The van der Waals surface area contributed by atoms with Gasteiger partial charge in [0.1, 0.15) is 0 Å². The molecule has 1 aliphatic heterocycles. The van der Waals surface area contributed by atoms with E-state index in [0.717, 1.165) is 16.8 Å². The Hall–Kier alpha value is -2.29. The maximum atomic E-state index is 12.5. The quantitative estimate of drug-likeness (QED) is 0.905. The van der Waals surface area contributed by atoms with Crippen LogP contribution in [0.15, 0.2) is 48.5 Å². The number of nitrogens with one attached hydrogen (secondary N) is 2. The SMILES string of the molecule is Cc1cccc([C@H](C)NC(=O)C2CNc3ccccc32)c1. The predicted octanol–water partition coefficient (Wildman–Crippen LogP) is 3.38. The highest BCUT2D eigenvalue weighted by atomic mass is 16.2. The molecule has 0 saturated carbocycles. The Morgan fingerprint density at radius 3 is 2.86 bits per heavy atom. The van der Waals surface area contributed by atoms with E-state index in [1.165, 1.54) is 5.56 Å². The number of para-hydroxylation sites is 1. The van der Waals surface area contributed by atoms with Crippen LogP contribution in [-0.4, -0.2) is 12.5 Å². The van der Waals surface area contributed by atoms with Gasteiger partial charge in [-0.05, 0) is 31.0 Å². The van der Waals surface area contributed by atoms with Crippen LogP contribution in [-0.2, 0) is 4.79 Å². The molecule has 21 heavy (non-hydrogen) atoms. The van der Waals surface area contributed by atoms with Gasteiger partial charge in [-0.25, -0.2) is 0 Å². The van der Waals surface area contributed by atoms with Crippen LogP contribution in [0.3, 0.4) is 0 Å². The minimum atomic E-state index is -0.103. The lowest BCUT2D eigenvalue weighted by molar-refractivity contribution is -0.122. The number of benzene rings is 2. The minimum Gasteiger partial charge on any atom is -0.384 e. The van der Waals surface area contributed by atoms with E-state index in [9.17, 15) is 4.79 Å². The first-order chi connectivity index (χ1) is 10.1. The molecule has 1 aliphatic rings. The lowest BCUT2D eigenvalue weighted by atomic mass is 9.99. The third-order valence-electron chi connectivity index (χ3n) is 4.05. The van der Waals surface area contributed by atoms with Crippen LogP contribution in [0.1, 0.15) is 35.6 Å². The number of hydrogen-bond donors (Lipinski definition) is 2. The maximum Gasteiger partial charge on any atom is 0.229 e. The summed E-state index contributed by atoms with van der Waals surface area (Å²) in [6.45, 7) is 4.77. The molecule has 3 rings (SSSR count). The van der Waals surface area contributed by atoms with Crippen molar-refractivity contribution in [3.63, 3.8) is 0 Å². The van der Waals surface area contributed by atoms with Crippen molar-refractivity contribution in [2.24, 2.45) is 0 Å². The third-order valence-corrected chi connectivity index (χ3v) is 4.05. The van der Waals surface area contributed by atoms with Gasteiger partial charge in [0.2, 0.25) is 5.91 Å². The highest BCUT2D eigenvalue weighted by molar-refractivity contribution is 5.88. The molecule has 1 unspecified atom stereocenters. The molecule has 1 heterocycles. The molecule has 0 aromatic heterocycles. The zero-order chi connectivity index (χ0) is 14.8. The van der Waals surface area contributed by atoms with Gasteiger partial charge in [-0.15, -0.1) is 0 Å². The summed E-state index contributed by atoms with van der Waals surface area (Å²) in [5, 5.41) is 6.42. The zero-order valence-electron chi connectivity index (χ0n) is 12.4. The molecule has 0 saturated heterocycles. The highest BCUT2D eigenvalue weighted by Gasteiger charge is 2.28. The first-order valence-corrected chi connectivity index (χ1v) is 7.35. The molecule has 2 N–H and O–H groups in total. The van der Waals surface area contributed by atoms with Crippen LogP contribution >= 0.6 is 0 Å². The molecule has 1 amide bonds. The van der Waals surface area contributed by atoms with E-state index in [4.69, 9.17) is 0 Å². The van der Waals surface area contributed by atoms with Gasteiger partial charge in [0.15, 0.2) is 0 Å². The van der Waals surface area contributed by atoms with Gasteiger partial charge in [0.05, 0.1) is 12.0 Å². The Balaban J connectivity index is 1.73. The smallest absolute Gasteiger partial charge is 0.229 e. The van der Waals surface area contributed by atoms with Crippen LogP contribution < -0.4 is 10.6 Å². The molecular weight excluding hydrogens is 260 g/mol. The molecule has 0 fully saturated rings. The Morgan fingerprint density at radius 2 is 2.05 bits per heavy atom. The summed E-state index contributed by atoms with van der Waals surface area (Å²) in [6, 6.07) is 16.3. The van der Waals surface area contributed by atoms with E-state index >= 15 is 0 Å². The normalized spacial score (nSPS) is 17.7. The summed E-state index contributed by atoms with van der Waals surface area (Å²) in [7, 11) is 0. The van der Waals surface area contributed by atoms with Crippen molar-refractivity contribution in [2.75, 3.05) is 11.9 Å². The van der Waals surface area contributed by atoms with Crippen molar-refractivity contribution in [1.29, 1.82) is 0 Å². The van der Waals surface area contributed by atoms with E-state index < -0.39 is 0 Å². The number of amides is 1. The van der Waals surface area contributed by atoms with Gasteiger partial charge in [-0.1, -0.05) is 48.0 Å². The van der Waals surface area contributed by atoms with Crippen LogP contribution in [0.2, 0.25) is 0 Å². The number of fused-ring (bicyclic) bond motifs is 1. The molecule has 3 nitrogen and oxygen atoms in total. The van der Waals surface area contributed by atoms with Gasteiger partial charge >= 0.3 is 0 Å². The fourth-order valence-corrected chi connectivity index (χ4v) is 2.85. The largest absolute Gasteiger partial charge is 0.384 e. The van der Waals surface area contributed by atoms with E-state index in [0.29, 0.717) is 6.54 Å². The molecule has 2 aromatic rings. The molecule has 108 valence electrons. The summed E-state index contributed by atoms with van der Waals surface area (Å²) in [4.78, 5) is 12.5. The molecule has 0 spiro atoms. The predicted molar refractivity (Wildman–Crippen MR) is 85.4 cm³/mol. The van der Waals surface area contributed by atoms with Crippen molar-refractivity contribution in [3.8, 4) is 0 Å². The van der Waals surface area contributed by atoms with Gasteiger partial charge in [0, 0.05) is 12.2 Å². The van der Waals surface area contributed by atoms with Gasteiger partial charge in [0.25, 0.3) is 0 Å². The fraction of sp³-hybridized carbons (Fsp3) is 0.278. The summed E-state index contributed by atoms with van der Waals surface area (Å²) in [5.41, 5.74) is 4.51. The number of rotatable bonds is 3. The number of hydrogen-bond acceptors (Lipinski definition) is 2. The van der Waals surface area contributed by atoms with Crippen molar-refractivity contribution in [1.82, 2.24) is 5.32 Å². The van der Waals surface area contributed by atoms with Crippen LogP contribution in [0.25, 0.3) is 0 Å². The zero-order valence-corrected chi connectivity index (χ0v) is 12.4. The minimum absolute atomic E-state index is 0.0187. The Labute approximate surface area is 125 Å². The number of anilines is 1. The topological polar surface area (TPSA) is 41.1 Å². The standard InChI is InChI=1S/C18H20N2O/c1-12-6-5-7-14(10-12)13(2)20-18(21)16-11-19-17-9-4-3-8-15(16)17/h3-10,13,16,19H,11H2,1-2H3,(H,20,21)/t13-,16?/m0/s1. The number of aryl methyl sites for hydroxylation is 1. The van der Waals surface area contributed by atoms with E-state index in [-0.39, 0.29) is 17.9 Å². The van der Waals surface area contributed by atoms with Crippen molar-refractivity contribution in [2.45, 2.75) is 25.8 Å². The summed E-state index contributed by atoms with van der Waals surface area (Å²) >= 11 is 0. The third kappa shape index (κ3) is 2.77. The van der Waals surface area contributed by atoms with Gasteiger partial charge in [-0.2, -0.15) is 0 Å². The van der Waals surface area contributed by atoms with Crippen LogP contribution in [0, 0.1) is 6.92 Å². The lowest BCUT2D eigenvalue weighted by Gasteiger charge is -2.18. The van der Waals surface area contributed by atoms with Gasteiger partial charge < -0.3 is 10.6 Å². The first kappa shape index (κ1) is 13.7. The molecule has 3 heteroatoms. The fourth-order valence-electron chi connectivity index (χ4n) is 2.85. The average Bonchev–Trinajstić information content (AvgIpc) is 2.91. The molecule has 2 aromatic carbocycles. The van der Waals surface area contributed by atoms with E-state index in [2.05, 4.69) is 35.8 Å². The monoisotopic (exact) mass is 280 g/mol. The van der Waals surface area contributed by atoms with Crippen molar-refractivity contribution >= 4 is 11.6 Å². The molecule has 0 bridgehead atoms. The van der Waals surface area contributed by atoms with Crippen LogP contribution in [0.5, 0.6) is 0 Å². The summed E-state index contributed by atoms with van der Waals surface area (Å²) in [6.07, 6.45) is 0. The van der Waals surface area contributed by atoms with Gasteiger partial charge in [-0.3, -0.25) is 4.79 Å². The number of carbonyl (C=O) groups excluding carboxylic acids is 1. The van der Waals surface area contributed by atoms with Crippen LogP contribution in [0.4, 0.5) is 5.69 Å². The molecule has 0 radical (unpaired) electrons. The van der Waals surface area contributed by atoms with E-state index in [1.54, 1.807) is 0 Å². The van der Waals surface area contributed by atoms with Crippen molar-refractivity contribution in [3.05, 3.63) is 65.2 Å². The molecule has 2 atom stereocenters.